The average Bonchev–Trinajstić information content (AvgIpc) is 2.50. The Bertz CT molecular complexity index is 673. The lowest BCUT2D eigenvalue weighted by atomic mass is 9.59. The molecule has 0 aromatic heterocycles. The third-order valence-corrected chi connectivity index (χ3v) is 5.34. The fraction of sp³-hybridized carbons (Fsp3) is 0.562. The van der Waals surface area contributed by atoms with Crippen LogP contribution < -0.4 is 0 Å². The van der Waals surface area contributed by atoms with Crippen LogP contribution in [0.3, 0.4) is 0 Å². The van der Waals surface area contributed by atoms with E-state index in [1.807, 2.05) is 0 Å². The van der Waals surface area contributed by atoms with E-state index >= 15 is 0 Å². The number of hydrogen-bond acceptors (Lipinski definition) is 4. The van der Waals surface area contributed by atoms with Gasteiger partial charge >= 0.3 is 11.7 Å². The maximum absolute atomic E-state index is 12.7. The van der Waals surface area contributed by atoms with Crippen molar-refractivity contribution in [2.45, 2.75) is 49.4 Å². The van der Waals surface area contributed by atoms with Gasteiger partial charge in [-0.1, -0.05) is 12.1 Å². The molecular formula is C16H16F3NO4. The fourth-order valence-corrected chi connectivity index (χ4v) is 4.07. The number of nitro groups is 1. The molecule has 3 rings (SSSR count). The van der Waals surface area contributed by atoms with Gasteiger partial charge in [-0.15, -0.1) is 0 Å². The Morgan fingerprint density at radius 2 is 1.83 bits per heavy atom. The predicted molar refractivity (Wildman–Crippen MR) is 76.9 cm³/mol. The number of fused-ring (bicyclic) bond motifs is 2. The molecule has 2 fully saturated rings. The molecular weight excluding hydrogens is 327 g/mol. The molecule has 0 heterocycles. The first-order valence-corrected chi connectivity index (χ1v) is 7.72. The van der Waals surface area contributed by atoms with Crippen molar-refractivity contribution in [1.82, 2.24) is 0 Å². The van der Waals surface area contributed by atoms with Crippen LogP contribution in [-0.2, 0) is 11.0 Å². The molecule has 0 aliphatic heterocycles. The Kier molecular flexibility index (Phi) is 3.90. The third kappa shape index (κ3) is 2.40. The average molecular weight is 343 g/mol. The minimum Gasteiger partial charge on any atom is -0.385 e. The third-order valence-electron chi connectivity index (χ3n) is 5.34. The first kappa shape index (κ1) is 16.9. The van der Waals surface area contributed by atoms with E-state index in [4.69, 9.17) is 0 Å². The number of nitrogens with zero attached hydrogens (tertiary/aromatic N) is 1. The highest BCUT2D eigenvalue weighted by molar-refractivity contribution is 5.92. The number of Topliss-reactive ketones (excluding diaryl/α,β-unsaturated/α-hetero) is 1. The summed E-state index contributed by atoms with van der Waals surface area (Å²) in [5.41, 5.74) is -2.25. The van der Waals surface area contributed by atoms with Crippen LogP contribution in [-0.4, -0.2) is 27.5 Å². The van der Waals surface area contributed by atoms with Crippen molar-refractivity contribution in [3.05, 3.63) is 45.5 Å². The van der Waals surface area contributed by atoms with Gasteiger partial charge in [-0.2, -0.15) is 13.2 Å². The first-order chi connectivity index (χ1) is 11.2. The first-order valence-electron chi connectivity index (χ1n) is 7.72. The van der Waals surface area contributed by atoms with Gasteiger partial charge in [0.2, 0.25) is 5.78 Å². The minimum atomic E-state index is -4.45. The van der Waals surface area contributed by atoms with Crippen molar-refractivity contribution >= 4 is 5.78 Å². The van der Waals surface area contributed by atoms with E-state index in [2.05, 4.69) is 0 Å². The summed E-state index contributed by atoms with van der Waals surface area (Å²) < 4.78 is 38.0. The zero-order chi connectivity index (χ0) is 17.7. The van der Waals surface area contributed by atoms with Crippen molar-refractivity contribution in [3.8, 4) is 0 Å². The van der Waals surface area contributed by atoms with Gasteiger partial charge in [0.1, 0.15) is 6.10 Å². The molecule has 0 radical (unpaired) electrons. The monoisotopic (exact) mass is 343 g/mol. The number of rotatable bonds is 2. The number of benzene rings is 1. The largest absolute Gasteiger partial charge is 0.416 e. The lowest BCUT2D eigenvalue weighted by Crippen LogP contribution is -2.64. The SMILES string of the molecule is O=C1[C@H]2CCC[C@]1([N+](=O)[O-])C(O)C[C@H]2c1ccc(C(F)(F)F)cc1. The predicted octanol–water partition coefficient (Wildman–Crippen LogP) is 2.94. The highest BCUT2D eigenvalue weighted by Gasteiger charge is 2.65. The molecule has 24 heavy (non-hydrogen) atoms. The van der Waals surface area contributed by atoms with Crippen molar-refractivity contribution < 1.29 is 28.0 Å². The normalized spacial score (nSPS) is 33.3. The quantitative estimate of drug-likeness (QED) is 0.661. The lowest BCUT2D eigenvalue weighted by Gasteiger charge is -2.44. The molecule has 0 spiro atoms. The summed E-state index contributed by atoms with van der Waals surface area (Å²) in [4.78, 5) is 23.3. The lowest BCUT2D eigenvalue weighted by molar-refractivity contribution is -0.570. The second-order valence-corrected chi connectivity index (χ2v) is 6.52. The van der Waals surface area contributed by atoms with E-state index in [1.54, 1.807) is 0 Å². The number of aliphatic hydroxyl groups excluding tert-OH is 1. The van der Waals surface area contributed by atoms with Crippen LogP contribution in [0, 0.1) is 16.0 Å². The summed E-state index contributed by atoms with van der Waals surface area (Å²) in [7, 11) is 0. The molecule has 4 atom stereocenters. The second kappa shape index (κ2) is 5.54. The molecule has 0 amide bonds. The highest BCUT2D eigenvalue weighted by atomic mass is 19.4. The van der Waals surface area contributed by atoms with E-state index in [0.29, 0.717) is 18.4 Å². The zero-order valence-corrected chi connectivity index (χ0v) is 12.6. The van der Waals surface area contributed by atoms with E-state index in [9.17, 15) is 33.2 Å². The molecule has 1 unspecified atom stereocenters. The highest BCUT2D eigenvalue weighted by Crippen LogP contribution is 2.49. The van der Waals surface area contributed by atoms with E-state index < -0.39 is 45.9 Å². The van der Waals surface area contributed by atoms with Crippen LogP contribution in [0.2, 0.25) is 0 Å². The number of carbonyl (C=O) groups is 1. The Labute approximate surface area is 135 Å². The summed E-state index contributed by atoms with van der Waals surface area (Å²) in [5.74, 6) is -1.73. The van der Waals surface area contributed by atoms with Crippen LogP contribution in [0.5, 0.6) is 0 Å². The van der Waals surface area contributed by atoms with Gasteiger partial charge in [0.15, 0.2) is 0 Å². The number of ketones is 1. The molecule has 1 aromatic rings. The minimum absolute atomic E-state index is 0.00273. The number of alkyl halides is 3. The summed E-state index contributed by atoms with van der Waals surface area (Å²) in [5, 5.41) is 21.7. The van der Waals surface area contributed by atoms with Gasteiger partial charge in [0.05, 0.1) is 5.56 Å². The van der Waals surface area contributed by atoms with Gasteiger partial charge in [-0.25, -0.2) is 0 Å². The van der Waals surface area contributed by atoms with E-state index in [1.165, 1.54) is 12.1 Å². The zero-order valence-electron chi connectivity index (χ0n) is 12.6. The van der Waals surface area contributed by atoms with Crippen LogP contribution in [0.4, 0.5) is 13.2 Å². The second-order valence-electron chi connectivity index (χ2n) is 6.52. The molecule has 2 saturated carbocycles. The van der Waals surface area contributed by atoms with Crippen LogP contribution in [0.15, 0.2) is 24.3 Å². The Hall–Kier alpha value is -1.96. The van der Waals surface area contributed by atoms with Crippen LogP contribution >= 0.6 is 0 Å². The van der Waals surface area contributed by atoms with Crippen molar-refractivity contribution in [3.63, 3.8) is 0 Å². The molecule has 5 nitrogen and oxygen atoms in total. The molecule has 2 bridgehead atoms. The molecule has 2 aliphatic rings. The number of carbonyl (C=O) groups excluding carboxylic acids is 1. The van der Waals surface area contributed by atoms with Crippen molar-refractivity contribution in [1.29, 1.82) is 0 Å². The number of halogens is 3. The van der Waals surface area contributed by atoms with Crippen LogP contribution in [0.25, 0.3) is 0 Å². The Morgan fingerprint density at radius 3 is 2.38 bits per heavy atom. The maximum atomic E-state index is 12.7. The summed E-state index contributed by atoms with van der Waals surface area (Å²) in [6.07, 6.45) is -4.98. The van der Waals surface area contributed by atoms with Gasteiger partial charge in [0, 0.05) is 17.3 Å². The number of aliphatic hydroxyl groups is 1. The Morgan fingerprint density at radius 1 is 1.21 bits per heavy atom. The summed E-state index contributed by atoms with van der Waals surface area (Å²) >= 11 is 0. The van der Waals surface area contributed by atoms with Crippen molar-refractivity contribution in [2.75, 3.05) is 0 Å². The van der Waals surface area contributed by atoms with Gasteiger partial charge < -0.3 is 5.11 Å². The maximum Gasteiger partial charge on any atom is 0.416 e. The molecule has 1 N–H and O–H groups in total. The summed E-state index contributed by atoms with van der Waals surface area (Å²) in [6, 6.07) is 4.46. The standard InChI is InChI=1S/C16H16F3NO4/c17-16(18,19)10-5-3-9(4-6-10)12-8-13(21)15(20(23)24)7-1-2-11(12)14(15)22/h3-6,11-13,21H,1-2,7-8H2/t11-,12-,13?,15-/m0/s1. The van der Waals surface area contributed by atoms with Gasteiger partial charge in [-0.3, -0.25) is 14.9 Å². The molecule has 130 valence electrons. The Balaban J connectivity index is 1.94. The molecule has 1 aromatic carbocycles. The van der Waals surface area contributed by atoms with Gasteiger partial charge in [-0.05, 0) is 42.9 Å². The topological polar surface area (TPSA) is 80.4 Å². The molecule has 8 heteroatoms. The fourth-order valence-electron chi connectivity index (χ4n) is 4.07. The van der Waals surface area contributed by atoms with Crippen LogP contribution in [0.1, 0.15) is 42.7 Å². The molecule has 0 saturated heterocycles. The number of hydrogen-bond donors (Lipinski definition) is 1. The van der Waals surface area contributed by atoms with E-state index in [-0.39, 0.29) is 12.8 Å². The van der Waals surface area contributed by atoms with Crippen molar-refractivity contribution in [2.24, 2.45) is 5.92 Å². The van der Waals surface area contributed by atoms with Gasteiger partial charge in [0.25, 0.3) is 0 Å². The van der Waals surface area contributed by atoms with E-state index in [0.717, 1.165) is 12.1 Å². The summed E-state index contributed by atoms with van der Waals surface area (Å²) in [6.45, 7) is 0. The molecule has 2 aliphatic carbocycles. The smallest absolute Gasteiger partial charge is 0.385 e.